The Labute approximate surface area is 146 Å². The summed E-state index contributed by atoms with van der Waals surface area (Å²) in [6, 6.07) is 13.5. The van der Waals surface area contributed by atoms with Gasteiger partial charge in [0.05, 0.1) is 6.04 Å². The highest BCUT2D eigenvalue weighted by Gasteiger charge is 2.27. The molecule has 0 unspecified atom stereocenters. The average molecular weight is 340 g/mol. The molecule has 2 amide bonds. The van der Waals surface area contributed by atoms with Crippen molar-refractivity contribution in [3.05, 3.63) is 71.0 Å². The molecule has 0 saturated carbocycles. The van der Waals surface area contributed by atoms with Crippen LogP contribution in [0.25, 0.3) is 0 Å². The predicted molar refractivity (Wildman–Crippen MR) is 93.4 cm³/mol. The topological polar surface area (TPSA) is 49.4 Å². The smallest absolute Gasteiger partial charge is 0.254 e. The van der Waals surface area contributed by atoms with Crippen LogP contribution in [0.2, 0.25) is 0 Å². The zero-order valence-corrected chi connectivity index (χ0v) is 14.2. The Balaban J connectivity index is 1.54. The molecule has 1 N–H and O–H groups in total. The number of rotatable bonds is 6. The number of hydrogen-bond donors (Lipinski definition) is 1. The summed E-state index contributed by atoms with van der Waals surface area (Å²) in [6.07, 6.45) is 0.961. The number of amides is 2. The molecule has 4 nitrogen and oxygen atoms in total. The predicted octanol–water partition coefficient (Wildman–Crippen LogP) is 3.44. The first-order valence-corrected chi connectivity index (χ1v) is 8.50. The van der Waals surface area contributed by atoms with Crippen molar-refractivity contribution in [2.75, 3.05) is 6.54 Å². The van der Waals surface area contributed by atoms with E-state index in [1.54, 1.807) is 17.0 Å². The third-order valence-corrected chi connectivity index (χ3v) is 4.52. The molecule has 2 aromatic carbocycles. The first-order chi connectivity index (χ1) is 12.1. The van der Waals surface area contributed by atoms with E-state index in [2.05, 4.69) is 5.32 Å². The molecule has 0 aromatic heterocycles. The highest BCUT2D eigenvalue weighted by atomic mass is 19.1. The molecule has 0 bridgehead atoms. The third-order valence-electron chi connectivity index (χ3n) is 4.52. The molecule has 0 aliphatic carbocycles. The minimum Gasteiger partial charge on any atom is -0.349 e. The summed E-state index contributed by atoms with van der Waals surface area (Å²) in [5.74, 6) is -0.425. The zero-order chi connectivity index (χ0) is 17.8. The number of carbonyl (C=O) groups excluding carboxylic acids is 2. The molecule has 130 valence electrons. The Kier molecular flexibility index (Phi) is 5.12. The van der Waals surface area contributed by atoms with E-state index in [1.165, 1.54) is 12.1 Å². The number of halogens is 1. The number of benzene rings is 2. The van der Waals surface area contributed by atoms with Crippen molar-refractivity contribution in [3.8, 4) is 0 Å². The SMILES string of the molecule is CC[C@H](NC(=O)CCN1Cc2ccccc2C1=O)c1ccc(F)cc1. The summed E-state index contributed by atoms with van der Waals surface area (Å²) in [4.78, 5) is 26.3. The summed E-state index contributed by atoms with van der Waals surface area (Å²) in [7, 11) is 0. The summed E-state index contributed by atoms with van der Waals surface area (Å²) >= 11 is 0. The molecule has 0 fully saturated rings. The van der Waals surface area contributed by atoms with E-state index in [0.717, 1.165) is 16.7 Å². The van der Waals surface area contributed by atoms with Crippen LogP contribution in [-0.2, 0) is 11.3 Å². The lowest BCUT2D eigenvalue weighted by atomic mass is 10.0. The van der Waals surface area contributed by atoms with Gasteiger partial charge in [-0.2, -0.15) is 0 Å². The monoisotopic (exact) mass is 340 g/mol. The Morgan fingerprint density at radius 1 is 1.20 bits per heavy atom. The quantitative estimate of drug-likeness (QED) is 0.876. The van der Waals surface area contributed by atoms with Crippen molar-refractivity contribution in [2.45, 2.75) is 32.4 Å². The van der Waals surface area contributed by atoms with Gasteiger partial charge in [0, 0.05) is 25.1 Å². The van der Waals surface area contributed by atoms with E-state index in [0.29, 0.717) is 19.5 Å². The number of fused-ring (bicyclic) bond motifs is 1. The van der Waals surface area contributed by atoms with Crippen LogP contribution in [0.15, 0.2) is 48.5 Å². The number of hydrogen-bond acceptors (Lipinski definition) is 2. The lowest BCUT2D eigenvalue weighted by Crippen LogP contribution is -2.33. The Morgan fingerprint density at radius 3 is 2.60 bits per heavy atom. The number of nitrogens with one attached hydrogen (secondary N) is 1. The van der Waals surface area contributed by atoms with E-state index in [9.17, 15) is 14.0 Å². The van der Waals surface area contributed by atoms with Crippen LogP contribution in [0.3, 0.4) is 0 Å². The van der Waals surface area contributed by atoms with Crippen molar-refractivity contribution in [2.24, 2.45) is 0 Å². The molecule has 2 aromatic rings. The summed E-state index contributed by atoms with van der Waals surface area (Å²) in [6.45, 7) is 2.91. The van der Waals surface area contributed by atoms with Crippen molar-refractivity contribution in [1.29, 1.82) is 0 Å². The number of carbonyl (C=O) groups is 2. The van der Waals surface area contributed by atoms with Gasteiger partial charge in [0.2, 0.25) is 5.91 Å². The molecule has 0 spiro atoms. The molecular formula is C20H21FN2O2. The van der Waals surface area contributed by atoms with Gasteiger partial charge in [-0.3, -0.25) is 9.59 Å². The lowest BCUT2D eigenvalue weighted by molar-refractivity contribution is -0.122. The maximum Gasteiger partial charge on any atom is 0.254 e. The normalized spacial score (nSPS) is 14.3. The minimum absolute atomic E-state index is 0.0195. The Bertz CT molecular complexity index is 774. The summed E-state index contributed by atoms with van der Waals surface area (Å²) in [5, 5.41) is 2.96. The van der Waals surface area contributed by atoms with E-state index >= 15 is 0 Å². The number of nitrogens with zero attached hydrogens (tertiary/aromatic N) is 1. The van der Waals surface area contributed by atoms with Gasteiger partial charge >= 0.3 is 0 Å². The van der Waals surface area contributed by atoms with Crippen LogP contribution in [0.5, 0.6) is 0 Å². The van der Waals surface area contributed by atoms with Crippen LogP contribution in [0, 0.1) is 5.82 Å². The molecule has 1 aliphatic heterocycles. The van der Waals surface area contributed by atoms with Gasteiger partial charge in [0.1, 0.15) is 5.82 Å². The highest BCUT2D eigenvalue weighted by molar-refractivity contribution is 5.98. The van der Waals surface area contributed by atoms with E-state index in [4.69, 9.17) is 0 Å². The van der Waals surface area contributed by atoms with Crippen LogP contribution in [0.4, 0.5) is 4.39 Å². The second-order valence-electron chi connectivity index (χ2n) is 6.21. The maximum absolute atomic E-state index is 13.0. The first-order valence-electron chi connectivity index (χ1n) is 8.50. The largest absolute Gasteiger partial charge is 0.349 e. The first kappa shape index (κ1) is 17.1. The van der Waals surface area contributed by atoms with Gasteiger partial charge in [0.25, 0.3) is 5.91 Å². The van der Waals surface area contributed by atoms with Crippen molar-refractivity contribution < 1.29 is 14.0 Å². The molecule has 1 aliphatic rings. The van der Waals surface area contributed by atoms with E-state index in [1.807, 2.05) is 31.2 Å². The maximum atomic E-state index is 13.0. The molecule has 3 rings (SSSR count). The molecule has 0 radical (unpaired) electrons. The molecule has 1 heterocycles. The summed E-state index contributed by atoms with van der Waals surface area (Å²) in [5.41, 5.74) is 2.60. The van der Waals surface area contributed by atoms with Crippen LogP contribution < -0.4 is 5.32 Å². The molecule has 5 heteroatoms. The van der Waals surface area contributed by atoms with Gasteiger partial charge in [-0.05, 0) is 35.7 Å². The second kappa shape index (κ2) is 7.47. The van der Waals surface area contributed by atoms with Gasteiger partial charge in [0.15, 0.2) is 0 Å². The zero-order valence-electron chi connectivity index (χ0n) is 14.2. The minimum atomic E-state index is -0.294. The summed E-state index contributed by atoms with van der Waals surface area (Å²) < 4.78 is 13.0. The molecule has 0 saturated heterocycles. The fourth-order valence-electron chi connectivity index (χ4n) is 3.11. The third kappa shape index (κ3) is 3.87. The standard InChI is InChI=1S/C20H21FN2O2/c1-2-18(14-7-9-16(21)10-8-14)22-19(24)11-12-23-13-15-5-3-4-6-17(15)20(23)25/h3-10,18H,2,11-13H2,1H3,(H,22,24)/t18-/m0/s1. The Hall–Kier alpha value is -2.69. The Morgan fingerprint density at radius 2 is 1.92 bits per heavy atom. The van der Waals surface area contributed by atoms with Crippen molar-refractivity contribution in [3.63, 3.8) is 0 Å². The van der Waals surface area contributed by atoms with E-state index in [-0.39, 0.29) is 30.1 Å². The second-order valence-corrected chi connectivity index (χ2v) is 6.21. The van der Waals surface area contributed by atoms with Crippen LogP contribution in [0.1, 0.15) is 47.3 Å². The van der Waals surface area contributed by atoms with Gasteiger partial charge < -0.3 is 10.2 Å². The average Bonchev–Trinajstić information content (AvgIpc) is 2.95. The van der Waals surface area contributed by atoms with Crippen LogP contribution in [-0.4, -0.2) is 23.3 Å². The van der Waals surface area contributed by atoms with Gasteiger partial charge in [-0.1, -0.05) is 37.3 Å². The van der Waals surface area contributed by atoms with Gasteiger partial charge in [-0.15, -0.1) is 0 Å². The molecule has 1 atom stereocenters. The fraction of sp³-hybridized carbons (Fsp3) is 0.300. The van der Waals surface area contributed by atoms with Crippen molar-refractivity contribution in [1.82, 2.24) is 10.2 Å². The van der Waals surface area contributed by atoms with Gasteiger partial charge in [-0.25, -0.2) is 4.39 Å². The highest BCUT2D eigenvalue weighted by Crippen LogP contribution is 2.22. The van der Waals surface area contributed by atoms with Crippen molar-refractivity contribution >= 4 is 11.8 Å². The van der Waals surface area contributed by atoms with E-state index < -0.39 is 0 Å². The lowest BCUT2D eigenvalue weighted by Gasteiger charge is -2.19. The molecule has 25 heavy (non-hydrogen) atoms. The van der Waals surface area contributed by atoms with Crippen LogP contribution >= 0.6 is 0 Å². The fourth-order valence-corrected chi connectivity index (χ4v) is 3.11. The molecular weight excluding hydrogens is 319 g/mol.